The summed E-state index contributed by atoms with van der Waals surface area (Å²) >= 11 is 0. The minimum Gasteiger partial charge on any atom is -0.277 e. The molecule has 1 fully saturated rings. The second-order valence-corrected chi connectivity index (χ2v) is 6.23. The number of likely N-dealkylation sites (tertiary alicyclic amines) is 1. The highest BCUT2D eigenvalue weighted by molar-refractivity contribution is 7.88. The molecule has 0 bridgehead atoms. The van der Waals surface area contributed by atoms with Gasteiger partial charge >= 0.3 is 0 Å². The summed E-state index contributed by atoms with van der Waals surface area (Å²) in [5.41, 5.74) is 0.823. The molecule has 1 aromatic rings. The number of sulfonamides is 1. The zero-order valence-electron chi connectivity index (χ0n) is 10.4. The molecular formula is C12H14N2O4S. The summed E-state index contributed by atoms with van der Waals surface area (Å²) in [5, 5.41) is 0. The summed E-state index contributed by atoms with van der Waals surface area (Å²) < 4.78 is 24.4. The molecule has 0 saturated carbocycles. The molecule has 1 unspecified atom stereocenters. The molecular weight excluding hydrogens is 268 g/mol. The maximum atomic E-state index is 12.0. The number of hydrogen-bond acceptors (Lipinski definition) is 4. The van der Waals surface area contributed by atoms with Gasteiger partial charge in [0.25, 0.3) is 0 Å². The highest BCUT2D eigenvalue weighted by Crippen LogP contribution is 2.17. The fourth-order valence-corrected chi connectivity index (χ4v) is 2.67. The number of amides is 2. The Kier molecular flexibility index (Phi) is 3.68. The SMILES string of the molecule is CS(=O)(=O)NC1CC(=O)N(Cc2ccccc2)C1=O. The van der Waals surface area contributed by atoms with Gasteiger partial charge in [-0.05, 0) is 5.56 Å². The summed E-state index contributed by atoms with van der Waals surface area (Å²) in [5.74, 6) is -0.866. The largest absolute Gasteiger partial charge is 0.277 e. The van der Waals surface area contributed by atoms with Gasteiger partial charge in [-0.25, -0.2) is 13.1 Å². The molecule has 102 valence electrons. The van der Waals surface area contributed by atoms with Crippen LogP contribution in [0, 0.1) is 0 Å². The van der Waals surface area contributed by atoms with E-state index in [1.165, 1.54) is 0 Å². The third kappa shape index (κ3) is 3.39. The smallest absolute Gasteiger partial charge is 0.248 e. The van der Waals surface area contributed by atoms with E-state index in [9.17, 15) is 18.0 Å². The summed E-state index contributed by atoms with van der Waals surface area (Å²) in [7, 11) is -3.51. The van der Waals surface area contributed by atoms with Crippen molar-refractivity contribution in [2.75, 3.05) is 6.26 Å². The monoisotopic (exact) mass is 282 g/mol. The van der Waals surface area contributed by atoms with Crippen LogP contribution in [-0.4, -0.2) is 37.4 Å². The molecule has 2 amide bonds. The number of hydrogen-bond donors (Lipinski definition) is 1. The standard InChI is InChI=1S/C12H14N2O4S/c1-19(17,18)13-10-7-11(15)14(12(10)16)8-9-5-3-2-4-6-9/h2-6,10,13H,7-8H2,1H3. The van der Waals surface area contributed by atoms with Gasteiger partial charge in [0.05, 0.1) is 19.2 Å². The highest BCUT2D eigenvalue weighted by atomic mass is 32.2. The maximum absolute atomic E-state index is 12.0. The van der Waals surface area contributed by atoms with Crippen molar-refractivity contribution >= 4 is 21.8 Å². The Hall–Kier alpha value is -1.73. The van der Waals surface area contributed by atoms with E-state index in [4.69, 9.17) is 0 Å². The van der Waals surface area contributed by atoms with Crippen molar-refractivity contribution < 1.29 is 18.0 Å². The van der Waals surface area contributed by atoms with E-state index in [1.807, 2.05) is 18.2 Å². The van der Waals surface area contributed by atoms with Crippen molar-refractivity contribution in [3.8, 4) is 0 Å². The second kappa shape index (κ2) is 5.10. The molecule has 1 aromatic carbocycles. The number of imide groups is 1. The first-order valence-corrected chi connectivity index (χ1v) is 7.61. The molecule has 19 heavy (non-hydrogen) atoms. The van der Waals surface area contributed by atoms with Crippen LogP contribution < -0.4 is 4.72 Å². The van der Waals surface area contributed by atoms with Crippen LogP contribution in [0.1, 0.15) is 12.0 Å². The van der Waals surface area contributed by atoms with E-state index < -0.39 is 22.0 Å². The van der Waals surface area contributed by atoms with E-state index >= 15 is 0 Å². The van der Waals surface area contributed by atoms with Crippen molar-refractivity contribution in [3.63, 3.8) is 0 Å². The Morgan fingerprint density at radius 1 is 1.26 bits per heavy atom. The minimum atomic E-state index is -3.51. The first kappa shape index (κ1) is 13.7. The molecule has 1 aliphatic heterocycles. The Balaban J connectivity index is 2.11. The number of rotatable bonds is 4. The van der Waals surface area contributed by atoms with Crippen LogP contribution in [0.15, 0.2) is 30.3 Å². The highest BCUT2D eigenvalue weighted by Gasteiger charge is 2.39. The molecule has 2 rings (SSSR count). The van der Waals surface area contributed by atoms with Crippen LogP contribution >= 0.6 is 0 Å². The van der Waals surface area contributed by atoms with Crippen molar-refractivity contribution in [2.24, 2.45) is 0 Å². The Morgan fingerprint density at radius 2 is 1.89 bits per heavy atom. The fourth-order valence-electron chi connectivity index (χ4n) is 1.97. The first-order chi connectivity index (χ1) is 8.87. The molecule has 1 N–H and O–H groups in total. The van der Waals surface area contributed by atoms with E-state index in [0.29, 0.717) is 0 Å². The summed E-state index contributed by atoms with van der Waals surface area (Å²) in [6, 6.07) is 8.09. The number of carbonyl (C=O) groups is 2. The number of nitrogens with zero attached hydrogens (tertiary/aromatic N) is 1. The van der Waals surface area contributed by atoms with Crippen LogP contribution in [0.25, 0.3) is 0 Å². The van der Waals surface area contributed by atoms with Gasteiger partial charge in [-0.3, -0.25) is 14.5 Å². The molecule has 1 heterocycles. The molecule has 1 atom stereocenters. The molecule has 0 radical (unpaired) electrons. The first-order valence-electron chi connectivity index (χ1n) is 5.72. The number of carbonyl (C=O) groups excluding carboxylic acids is 2. The molecule has 7 heteroatoms. The number of benzene rings is 1. The minimum absolute atomic E-state index is 0.126. The van der Waals surface area contributed by atoms with Crippen LogP contribution in [-0.2, 0) is 26.2 Å². The third-order valence-electron chi connectivity index (χ3n) is 2.78. The molecule has 1 saturated heterocycles. The molecule has 0 spiro atoms. The normalized spacial score (nSPS) is 20.1. The van der Waals surface area contributed by atoms with Crippen LogP contribution in [0.4, 0.5) is 0 Å². The topological polar surface area (TPSA) is 83.6 Å². The zero-order chi connectivity index (χ0) is 14.0. The number of nitrogens with one attached hydrogen (secondary N) is 1. The third-order valence-corrected chi connectivity index (χ3v) is 3.50. The predicted molar refractivity (Wildman–Crippen MR) is 68.4 cm³/mol. The van der Waals surface area contributed by atoms with Crippen LogP contribution in [0.2, 0.25) is 0 Å². The Labute approximate surface area is 111 Å². The lowest BCUT2D eigenvalue weighted by molar-refractivity contribution is -0.139. The van der Waals surface area contributed by atoms with Gasteiger partial charge in [-0.15, -0.1) is 0 Å². The van der Waals surface area contributed by atoms with Gasteiger partial charge < -0.3 is 0 Å². The molecule has 0 aliphatic carbocycles. The van der Waals surface area contributed by atoms with Gasteiger partial charge in [-0.2, -0.15) is 0 Å². The van der Waals surface area contributed by atoms with Gasteiger partial charge in [-0.1, -0.05) is 30.3 Å². The Morgan fingerprint density at radius 3 is 2.47 bits per heavy atom. The quantitative estimate of drug-likeness (QED) is 0.779. The summed E-state index contributed by atoms with van der Waals surface area (Å²) in [4.78, 5) is 24.8. The second-order valence-electron chi connectivity index (χ2n) is 4.45. The van der Waals surface area contributed by atoms with E-state index in [1.54, 1.807) is 12.1 Å². The maximum Gasteiger partial charge on any atom is 0.248 e. The zero-order valence-corrected chi connectivity index (χ0v) is 11.2. The lowest BCUT2D eigenvalue weighted by Crippen LogP contribution is -2.40. The van der Waals surface area contributed by atoms with Crippen molar-refractivity contribution in [1.29, 1.82) is 0 Å². The van der Waals surface area contributed by atoms with Gasteiger partial charge in [0.1, 0.15) is 6.04 Å². The van der Waals surface area contributed by atoms with E-state index in [-0.39, 0.29) is 18.9 Å². The van der Waals surface area contributed by atoms with Crippen LogP contribution in [0.5, 0.6) is 0 Å². The van der Waals surface area contributed by atoms with E-state index in [2.05, 4.69) is 4.72 Å². The lowest BCUT2D eigenvalue weighted by atomic mass is 10.2. The van der Waals surface area contributed by atoms with Crippen molar-refractivity contribution in [3.05, 3.63) is 35.9 Å². The van der Waals surface area contributed by atoms with E-state index in [0.717, 1.165) is 16.7 Å². The van der Waals surface area contributed by atoms with Gasteiger partial charge in [0.2, 0.25) is 21.8 Å². The molecule has 6 nitrogen and oxygen atoms in total. The average Bonchev–Trinajstić information content (AvgIpc) is 2.56. The molecule has 0 aromatic heterocycles. The van der Waals surface area contributed by atoms with Gasteiger partial charge in [0.15, 0.2) is 0 Å². The summed E-state index contributed by atoms with van der Waals surface area (Å²) in [6.07, 6.45) is 0.837. The van der Waals surface area contributed by atoms with Crippen LogP contribution in [0.3, 0.4) is 0 Å². The lowest BCUT2D eigenvalue weighted by Gasteiger charge is -2.15. The molecule has 1 aliphatic rings. The van der Waals surface area contributed by atoms with Crippen molar-refractivity contribution in [1.82, 2.24) is 9.62 Å². The van der Waals surface area contributed by atoms with Gasteiger partial charge in [0, 0.05) is 0 Å². The fraction of sp³-hybridized carbons (Fsp3) is 0.333. The summed E-state index contributed by atoms with van der Waals surface area (Å²) in [6.45, 7) is 0.167. The average molecular weight is 282 g/mol. The predicted octanol–water partition coefficient (Wildman–Crippen LogP) is -0.137. The Bertz CT molecular complexity index is 597. The van der Waals surface area contributed by atoms with Crippen molar-refractivity contribution in [2.45, 2.75) is 19.0 Å².